The molecule has 2 N–H and O–H groups in total. The van der Waals surface area contributed by atoms with Crippen LogP contribution in [0.25, 0.3) is 0 Å². The number of thioether (sulfide) groups is 1. The number of rotatable bonds is 2. The Balaban J connectivity index is 2.05. The summed E-state index contributed by atoms with van der Waals surface area (Å²) in [6.45, 7) is 3.67. The summed E-state index contributed by atoms with van der Waals surface area (Å²) >= 11 is 1.89. The first-order chi connectivity index (χ1) is 8.18. The lowest BCUT2D eigenvalue weighted by molar-refractivity contribution is -0.132. The van der Waals surface area contributed by atoms with Gasteiger partial charge in [-0.25, -0.2) is 0 Å². The van der Waals surface area contributed by atoms with Crippen LogP contribution in [0.5, 0.6) is 0 Å². The van der Waals surface area contributed by atoms with Crippen molar-refractivity contribution in [2.45, 2.75) is 13.0 Å². The van der Waals surface area contributed by atoms with Crippen LogP contribution in [0, 0.1) is 6.92 Å². The summed E-state index contributed by atoms with van der Waals surface area (Å²) in [4.78, 5) is 14.1. The van der Waals surface area contributed by atoms with Crippen LogP contribution in [-0.4, -0.2) is 35.4 Å². The third kappa shape index (κ3) is 3.01. The van der Waals surface area contributed by atoms with Crippen LogP contribution in [0.1, 0.15) is 17.2 Å². The number of nitrogens with two attached hydrogens (primary N) is 1. The van der Waals surface area contributed by atoms with E-state index in [2.05, 4.69) is 0 Å². The molecule has 1 saturated heterocycles. The SMILES string of the molecule is Cc1ccc(C(N)C(=O)N2CCSCC2)cc1. The standard InChI is InChI=1S/C13H18N2OS/c1-10-2-4-11(5-3-10)12(14)13(16)15-6-8-17-9-7-15/h2-5,12H,6-9,14H2,1H3. The molecule has 2 rings (SSSR count). The maximum absolute atomic E-state index is 12.2. The van der Waals surface area contributed by atoms with Crippen molar-refractivity contribution in [2.24, 2.45) is 5.73 Å². The number of nitrogens with zero attached hydrogens (tertiary/aromatic N) is 1. The van der Waals surface area contributed by atoms with Gasteiger partial charge in [0.15, 0.2) is 0 Å². The molecule has 1 unspecified atom stereocenters. The van der Waals surface area contributed by atoms with E-state index in [4.69, 9.17) is 5.73 Å². The topological polar surface area (TPSA) is 46.3 Å². The van der Waals surface area contributed by atoms with E-state index >= 15 is 0 Å². The number of carbonyl (C=O) groups is 1. The van der Waals surface area contributed by atoms with Crippen molar-refractivity contribution in [2.75, 3.05) is 24.6 Å². The van der Waals surface area contributed by atoms with Crippen molar-refractivity contribution in [3.63, 3.8) is 0 Å². The molecule has 0 saturated carbocycles. The Morgan fingerprint density at radius 3 is 2.47 bits per heavy atom. The van der Waals surface area contributed by atoms with E-state index in [0.29, 0.717) is 0 Å². The van der Waals surface area contributed by atoms with Crippen LogP contribution in [0.4, 0.5) is 0 Å². The zero-order valence-electron chi connectivity index (χ0n) is 10.1. The molecule has 0 bridgehead atoms. The molecule has 1 aromatic rings. The molecule has 1 aromatic carbocycles. The largest absolute Gasteiger partial charge is 0.339 e. The Hall–Kier alpha value is -1.00. The van der Waals surface area contributed by atoms with E-state index in [-0.39, 0.29) is 5.91 Å². The highest BCUT2D eigenvalue weighted by atomic mass is 32.2. The molecule has 4 heteroatoms. The first-order valence-electron chi connectivity index (χ1n) is 5.87. The monoisotopic (exact) mass is 250 g/mol. The minimum atomic E-state index is -0.515. The van der Waals surface area contributed by atoms with Gasteiger partial charge in [-0.15, -0.1) is 0 Å². The van der Waals surface area contributed by atoms with Gasteiger partial charge < -0.3 is 10.6 Å². The van der Waals surface area contributed by atoms with Gasteiger partial charge in [0, 0.05) is 24.6 Å². The maximum Gasteiger partial charge on any atom is 0.244 e. The first-order valence-corrected chi connectivity index (χ1v) is 7.02. The predicted molar refractivity (Wildman–Crippen MR) is 72.0 cm³/mol. The Labute approximate surface area is 106 Å². The summed E-state index contributed by atoms with van der Waals surface area (Å²) in [6, 6.07) is 7.36. The predicted octanol–water partition coefficient (Wildman–Crippen LogP) is 1.57. The van der Waals surface area contributed by atoms with Crippen LogP contribution in [-0.2, 0) is 4.79 Å². The highest BCUT2D eigenvalue weighted by molar-refractivity contribution is 7.99. The summed E-state index contributed by atoms with van der Waals surface area (Å²) < 4.78 is 0. The molecule has 0 aromatic heterocycles. The molecule has 92 valence electrons. The third-order valence-electron chi connectivity index (χ3n) is 3.03. The van der Waals surface area contributed by atoms with Crippen molar-refractivity contribution in [1.29, 1.82) is 0 Å². The van der Waals surface area contributed by atoms with Crippen molar-refractivity contribution in [3.8, 4) is 0 Å². The normalized spacial score (nSPS) is 17.9. The minimum absolute atomic E-state index is 0.0501. The van der Waals surface area contributed by atoms with E-state index < -0.39 is 6.04 Å². The molecule has 1 heterocycles. The molecule has 1 aliphatic rings. The fourth-order valence-electron chi connectivity index (χ4n) is 1.90. The minimum Gasteiger partial charge on any atom is -0.339 e. The molecule has 1 fully saturated rings. The summed E-state index contributed by atoms with van der Waals surface area (Å²) in [5.41, 5.74) is 8.11. The van der Waals surface area contributed by atoms with Gasteiger partial charge in [0.1, 0.15) is 6.04 Å². The molecular weight excluding hydrogens is 232 g/mol. The van der Waals surface area contributed by atoms with E-state index in [1.165, 1.54) is 5.56 Å². The molecule has 17 heavy (non-hydrogen) atoms. The molecule has 3 nitrogen and oxygen atoms in total. The van der Waals surface area contributed by atoms with Gasteiger partial charge in [0.25, 0.3) is 0 Å². The zero-order valence-corrected chi connectivity index (χ0v) is 10.9. The molecule has 1 atom stereocenters. The lowest BCUT2D eigenvalue weighted by Crippen LogP contribution is -2.43. The van der Waals surface area contributed by atoms with Gasteiger partial charge in [0.2, 0.25) is 5.91 Å². The molecule has 0 aliphatic carbocycles. The van der Waals surface area contributed by atoms with E-state index in [1.54, 1.807) is 0 Å². The summed E-state index contributed by atoms with van der Waals surface area (Å²) in [7, 11) is 0. The number of hydrogen-bond donors (Lipinski definition) is 1. The van der Waals surface area contributed by atoms with Crippen molar-refractivity contribution in [1.82, 2.24) is 4.90 Å². The second-order valence-electron chi connectivity index (χ2n) is 4.33. The van der Waals surface area contributed by atoms with Gasteiger partial charge in [-0.3, -0.25) is 4.79 Å². The Morgan fingerprint density at radius 1 is 1.29 bits per heavy atom. The van der Waals surface area contributed by atoms with Gasteiger partial charge in [0.05, 0.1) is 0 Å². The Kier molecular flexibility index (Phi) is 4.07. The quantitative estimate of drug-likeness (QED) is 0.866. The lowest BCUT2D eigenvalue weighted by Gasteiger charge is -2.29. The van der Waals surface area contributed by atoms with Crippen molar-refractivity contribution < 1.29 is 4.79 Å². The van der Waals surface area contributed by atoms with Gasteiger partial charge in [-0.05, 0) is 12.5 Å². The van der Waals surface area contributed by atoms with Crippen LogP contribution in [0.3, 0.4) is 0 Å². The number of aryl methyl sites for hydroxylation is 1. The number of amides is 1. The fourth-order valence-corrected chi connectivity index (χ4v) is 2.80. The second-order valence-corrected chi connectivity index (χ2v) is 5.55. The number of benzene rings is 1. The van der Waals surface area contributed by atoms with Gasteiger partial charge in [-0.1, -0.05) is 29.8 Å². The van der Waals surface area contributed by atoms with Crippen LogP contribution in [0.15, 0.2) is 24.3 Å². The number of carbonyl (C=O) groups excluding carboxylic acids is 1. The second kappa shape index (κ2) is 5.56. The lowest BCUT2D eigenvalue weighted by atomic mass is 10.0. The average molecular weight is 250 g/mol. The fraction of sp³-hybridized carbons (Fsp3) is 0.462. The molecule has 0 radical (unpaired) electrons. The van der Waals surface area contributed by atoms with Crippen LogP contribution >= 0.6 is 11.8 Å². The van der Waals surface area contributed by atoms with Crippen molar-refractivity contribution in [3.05, 3.63) is 35.4 Å². The summed E-state index contributed by atoms with van der Waals surface area (Å²) in [6.07, 6.45) is 0. The average Bonchev–Trinajstić information content (AvgIpc) is 2.39. The highest BCUT2D eigenvalue weighted by Gasteiger charge is 2.23. The van der Waals surface area contributed by atoms with Crippen molar-refractivity contribution >= 4 is 17.7 Å². The maximum atomic E-state index is 12.2. The number of hydrogen-bond acceptors (Lipinski definition) is 3. The smallest absolute Gasteiger partial charge is 0.244 e. The molecular formula is C13H18N2OS. The van der Waals surface area contributed by atoms with Crippen LogP contribution < -0.4 is 5.73 Å². The first kappa shape index (κ1) is 12.5. The van der Waals surface area contributed by atoms with Crippen LogP contribution in [0.2, 0.25) is 0 Å². The molecule has 1 amide bonds. The van der Waals surface area contributed by atoms with Gasteiger partial charge >= 0.3 is 0 Å². The van der Waals surface area contributed by atoms with E-state index in [0.717, 1.165) is 30.2 Å². The zero-order chi connectivity index (χ0) is 12.3. The van der Waals surface area contributed by atoms with E-state index in [9.17, 15) is 4.79 Å². The Morgan fingerprint density at radius 2 is 1.88 bits per heavy atom. The third-order valence-corrected chi connectivity index (χ3v) is 3.97. The highest BCUT2D eigenvalue weighted by Crippen LogP contribution is 2.17. The van der Waals surface area contributed by atoms with Gasteiger partial charge in [-0.2, -0.15) is 11.8 Å². The Bertz CT molecular complexity index is 385. The molecule has 1 aliphatic heterocycles. The van der Waals surface area contributed by atoms with E-state index in [1.807, 2.05) is 47.9 Å². The summed E-state index contributed by atoms with van der Waals surface area (Å²) in [5, 5.41) is 0. The molecule has 0 spiro atoms. The summed E-state index contributed by atoms with van der Waals surface area (Å²) in [5.74, 6) is 2.09.